The Kier molecular flexibility index (Phi) is 3.88. The molecule has 0 aliphatic carbocycles. The predicted octanol–water partition coefficient (Wildman–Crippen LogP) is 1.55. The number of rotatable bonds is 4. The van der Waals surface area contributed by atoms with Crippen LogP contribution in [0.5, 0.6) is 0 Å². The Bertz CT molecular complexity index is 91.2. The van der Waals surface area contributed by atoms with Crippen molar-refractivity contribution in [1.29, 1.82) is 0 Å². The van der Waals surface area contributed by atoms with Gasteiger partial charge >= 0.3 is 0 Å². The molecule has 0 saturated heterocycles. The van der Waals surface area contributed by atoms with Gasteiger partial charge in [-0.2, -0.15) is 5.32 Å². The Morgan fingerprint density at radius 1 is 1.11 bits per heavy atom. The molecule has 9 heavy (non-hydrogen) atoms. The minimum absolute atomic E-state index is 0.913. The number of halogens is 2. The molecule has 1 radical (unpaired) electrons. The lowest BCUT2D eigenvalue weighted by Crippen LogP contribution is -2.21. The molecule has 0 heterocycles. The van der Waals surface area contributed by atoms with Crippen LogP contribution in [0, 0.1) is 0 Å². The first-order valence-corrected chi connectivity index (χ1v) is 2.44. The summed E-state index contributed by atoms with van der Waals surface area (Å²) in [6.07, 6.45) is -1.43. The van der Waals surface area contributed by atoms with Gasteiger partial charge in [-0.3, -0.25) is 0 Å². The van der Waals surface area contributed by atoms with E-state index in [2.05, 4.69) is 18.5 Å². The summed E-state index contributed by atoms with van der Waals surface area (Å²) in [4.78, 5) is 0. The Morgan fingerprint density at radius 3 is 1.67 bits per heavy atom. The molecule has 51 valence electrons. The Labute approximate surface area is 53.1 Å². The lowest BCUT2D eigenvalue weighted by molar-refractivity contribution is 0.229. The highest BCUT2D eigenvalue weighted by molar-refractivity contribution is 4.83. The van der Waals surface area contributed by atoms with Crippen LogP contribution in [0.15, 0.2) is 25.3 Å². The Hall–Kier alpha value is -0.700. The lowest BCUT2D eigenvalue weighted by atomic mass is 10.5. The molecule has 2 atom stereocenters. The number of hydrogen-bond acceptors (Lipinski definition) is 0. The summed E-state index contributed by atoms with van der Waals surface area (Å²) < 4.78 is 24.0. The highest BCUT2D eigenvalue weighted by Gasteiger charge is 2.06. The van der Waals surface area contributed by atoms with Crippen LogP contribution in [0.1, 0.15) is 0 Å². The lowest BCUT2D eigenvalue weighted by Gasteiger charge is -2.02. The molecule has 3 heteroatoms. The number of hydrogen-bond donors (Lipinski definition) is 0. The number of nitrogens with zero attached hydrogens (tertiary/aromatic N) is 1. The summed E-state index contributed by atoms with van der Waals surface area (Å²) in [6, 6.07) is 0. The maximum Gasteiger partial charge on any atom is 0.187 e. The van der Waals surface area contributed by atoms with Gasteiger partial charge in [0.05, 0.1) is 0 Å². The average molecular weight is 132 g/mol. The quantitative estimate of drug-likeness (QED) is 0.407. The van der Waals surface area contributed by atoms with Crippen molar-refractivity contribution in [3.8, 4) is 0 Å². The van der Waals surface area contributed by atoms with Crippen LogP contribution >= 0.6 is 0 Å². The van der Waals surface area contributed by atoms with E-state index in [9.17, 15) is 8.78 Å². The van der Waals surface area contributed by atoms with Crippen molar-refractivity contribution in [2.45, 2.75) is 12.6 Å². The van der Waals surface area contributed by atoms with Crippen molar-refractivity contribution in [3.63, 3.8) is 0 Å². The van der Waals surface area contributed by atoms with Crippen LogP contribution in [-0.4, -0.2) is 12.6 Å². The van der Waals surface area contributed by atoms with E-state index in [0.717, 1.165) is 12.2 Å². The molecule has 0 fully saturated rings. The van der Waals surface area contributed by atoms with E-state index >= 15 is 0 Å². The standard InChI is InChI=1S/C6H8F2N/c1-3-5(7)9-6(8)4-2/h3-6H,1-2H2. The van der Waals surface area contributed by atoms with Crippen LogP contribution in [0.4, 0.5) is 8.78 Å². The maximum atomic E-state index is 12.0. The van der Waals surface area contributed by atoms with Gasteiger partial charge in [-0.25, -0.2) is 8.78 Å². The molecule has 0 spiro atoms. The molecule has 2 unspecified atom stereocenters. The van der Waals surface area contributed by atoms with Gasteiger partial charge in [-0.1, -0.05) is 13.2 Å². The van der Waals surface area contributed by atoms with E-state index in [1.54, 1.807) is 0 Å². The van der Waals surface area contributed by atoms with Gasteiger partial charge in [0.15, 0.2) is 12.6 Å². The van der Waals surface area contributed by atoms with Crippen LogP contribution in [0.25, 0.3) is 0 Å². The molecule has 0 amide bonds. The van der Waals surface area contributed by atoms with Gasteiger partial charge in [-0.15, -0.1) is 0 Å². The van der Waals surface area contributed by atoms with Gasteiger partial charge in [0, 0.05) is 0 Å². The summed E-state index contributed by atoms with van der Waals surface area (Å²) in [5, 5.41) is 2.94. The molecule has 0 aromatic heterocycles. The third-order valence-electron chi connectivity index (χ3n) is 0.674. The topological polar surface area (TPSA) is 14.1 Å². The second-order valence-corrected chi connectivity index (χ2v) is 1.37. The minimum atomic E-state index is -1.63. The third kappa shape index (κ3) is 3.85. The van der Waals surface area contributed by atoms with Crippen LogP contribution in [-0.2, 0) is 0 Å². The summed E-state index contributed by atoms with van der Waals surface area (Å²) in [6.45, 7) is 6.16. The van der Waals surface area contributed by atoms with E-state index in [4.69, 9.17) is 0 Å². The predicted molar refractivity (Wildman–Crippen MR) is 32.3 cm³/mol. The van der Waals surface area contributed by atoms with Crippen molar-refractivity contribution in [2.24, 2.45) is 0 Å². The highest BCUT2D eigenvalue weighted by Crippen LogP contribution is 1.95. The van der Waals surface area contributed by atoms with Crippen molar-refractivity contribution in [1.82, 2.24) is 5.32 Å². The maximum absolute atomic E-state index is 12.0. The summed E-state index contributed by atoms with van der Waals surface area (Å²) in [5.41, 5.74) is 0. The van der Waals surface area contributed by atoms with Gasteiger partial charge in [0.2, 0.25) is 0 Å². The zero-order valence-corrected chi connectivity index (χ0v) is 4.93. The third-order valence-corrected chi connectivity index (χ3v) is 0.674. The summed E-state index contributed by atoms with van der Waals surface area (Å²) in [7, 11) is 0. The van der Waals surface area contributed by atoms with E-state index in [1.807, 2.05) is 0 Å². The first-order chi connectivity index (χ1) is 4.20. The second kappa shape index (κ2) is 4.21. The smallest absolute Gasteiger partial charge is 0.187 e. The van der Waals surface area contributed by atoms with E-state index in [-0.39, 0.29) is 0 Å². The van der Waals surface area contributed by atoms with E-state index < -0.39 is 12.6 Å². The zero-order valence-electron chi connectivity index (χ0n) is 4.93. The van der Waals surface area contributed by atoms with Crippen LogP contribution in [0.3, 0.4) is 0 Å². The second-order valence-electron chi connectivity index (χ2n) is 1.37. The fourth-order valence-electron chi connectivity index (χ4n) is 0.258. The molecular weight excluding hydrogens is 124 g/mol. The monoisotopic (exact) mass is 132 g/mol. The van der Waals surface area contributed by atoms with Crippen LogP contribution in [0.2, 0.25) is 0 Å². The van der Waals surface area contributed by atoms with Gasteiger partial charge in [0.1, 0.15) is 0 Å². The molecule has 0 aromatic rings. The minimum Gasteiger partial charge on any atom is -0.224 e. The first-order valence-electron chi connectivity index (χ1n) is 2.44. The Morgan fingerprint density at radius 2 is 1.44 bits per heavy atom. The van der Waals surface area contributed by atoms with Crippen molar-refractivity contribution >= 4 is 0 Å². The first kappa shape index (κ1) is 8.30. The van der Waals surface area contributed by atoms with Crippen molar-refractivity contribution < 1.29 is 8.78 Å². The molecule has 1 nitrogen and oxygen atoms in total. The summed E-state index contributed by atoms with van der Waals surface area (Å²) >= 11 is 0. The number of alkyl halides is 2. The zero-order chi connectivity index (χ0) is 7.28. The van der Waals surface area contributed by atoms with Gasteiger partial charge < -0.3 is 0 Å². The Balaban J connectivity index is 3.45. The van der Waals surface area contributed by atoms with Crippen LogP contribution < -0.4 is 5.32 Å². The summed E-state index contributed by atoms with van der Waals surface area (Å²) in [5.74, 6) is 0. The molecule has 0 N–H and O–H groups in total. The molecular formula is C6H8F2N. The van der Waals surface area contributed by atoms with Gasteiger partial charge in [-0.05, 0) is 12.2 Å². The SMILES string of the molecule is C=CC(F)[N]C(F)C=C. The molecule has 0 aliphatic rings. The molecule has 0 rings (SSSR count). The fraction of sp³-hybridized carbons (Fsp3) is 0.333. The molecule has 0 saturated carbocycles. The van der Waals surface area contributed by atoms with Gasteiger partial charge in [0.25, 0.3) is 0 Å². The fourth-order valence-corrected chi connectivity index (χ4v) is 0.258. The average Bonchev–Trinajstić information content (AvgIpc) is 1.87. The van der Waals surface area contributed by atoms with Crippen molar-refractivity contribution in [3.05, 3.63) is 25.3 Å². The molecule has 0 aliphatic heterocycles. The van der Waals surface area contributed by atoms with Crippen molar-refractivity contribution in [2.75, 3.05) is 0 Å². The normalized spacial score (nSPS) is 16.2. The highest BCUT2D eigenvalue weighted by atomic mass is 19.2. The van der Waals surface area contributed by atoms with E-state index in [1.165, 1.54) is 0 Å². The van der Waals surface area contributed by atoms with E-state index in [0.29, 0.717) is 0 Å². The molecule has 0 aromatic carbocycles. The largest absolute Gasteiger partial charge is 0.224 e. The molecule has 0 bridgehead atoms.